The molecule has 0 amide bonds. The molecule has 30 heavy (non-hydrogen) atoms. The van der Waals surface area contributed by atoms with Crippen LogP contribution in [0.5, 0.6) is 0 Å². The van der Waals surface area contributed by atoms with E-state index in [1.54, 1.807) is 0 Å². The number of hydrogen-bond acceptors (Lipinski definition) is 2. The standard InChI is InChI=1S/C27H31N2O/c1-16-14-17(2)21-22-23-18(26(3,4)11-12-27(23,5)6)15-28-25(22)30-24(21)20(16)19-10-8-9-13-29(19)7/h8-10,13-15H,11-12H2,1-7H3/q+1/i2D3. The van der Waals surface area contributed by atoms with E-state index in [1.807, 2.05) is 55.2 Å². The zero-order valence-electron chi connectivity index (χ0n) is 21.7. The molecule has 0 radical (unpaired) electrons. The summed E-state index contributed by atoms with van der Waals surface area (Å²) in [4.78, 5) is 4.75. The maximum atomic E-state index is 8.37. The molecule has 0 saturated carbocycles. The number of fused-ring (bicyclic) bond motifs is 5. The number of aryl methyl sites for hydroxylation is 3. The van der Waals surface area contributed by atoms with Crippen LogP contribution in [0.3, 0.4) is 0 Å². The van der Waals surface area contributed by atoms with Crippen molar-refractivity contribution in [1.82, 2.24) is 4.98 Å². The lowest BCUT2D eigenvalue weighted by Gasteiger charge is -2.41. The molecular formula is C27H31N2O+. The zero-order chi connectivity index (χ0) is 23.9. The highest BCUT2D eigenvalue weighted by Gasteiger charge is 2.40. The average molecular weight is 403 g/mol. The highest BCUT2D eigenvalue weighted by atomic mass is 16.3. The van der Waals surface area contributed by atoms with Crippen molar-refractivity contribution in [2.75, 3.05) is 0 Å². The Bertz CT molecular complexity index is 1430. The van der Waals surface area contributed by atoms with E-state index in [4.69, 9.17) is 13.5 Å². The molecule has 3 heteroatoms. The fraction of sp³-hybridized carbons (Fsp3) is 0.407. The number of nitrogens with zero attached hydrogens (tertiary/aromatic N) is 2. The van der Waals surface area contributed by atoms with E-state index in [9.17, 15) is 0 Å². The molecule has 0 spiro atoms. The number of furan rings is 1. The molecule has 4 aromatic rings. The summed E-state index contributed by atoms with van der Waals surface area (Å²) in [5.74, 6) is 0. The Balaban J connectivity index is 2.05. The van der Waals surface area contributed by atoms with Crippen LogP contribution in [0.2, 0.25) is 0 Å². The van der Waals surface area contributed by atoms with Gasteiger partial charge in [-0.1, -0.05) is 33.8 Å². The predicted octanol–water partition coefficient (Wildman–Crippen LogP) is 6.44. The summed E-state index contributed by atoms with van der Waals surface area (Å²) in [6, 6.07) is 7.84. The average Bonchev–Trinajstić information content (AvgIpc) is 3.09. The minimum Gasteiger partial charge on any atom is -0.437 e. The fourth-order valence-corrected chi connectivity index (χ4v) is 5.24. The summed E-state index contributed by atoms with van der Waals surface area (Å²) in [7, 11) is 1.99. The third-order valence-corrected chi connectivity index (χ3v) is 7.06. The van der Waals surface area contributed by atoms with Gasteiger partial charge in [0.1, 0.15) is 7.05 Å². The first-order valence-electron chi connectivity index (χ1n) is 12.2. The molecule has 0 saturated heterocycles. The van der Waals surface area contributed by atoms with Gasteiger partial charge in [0, 0.05) is 27.8 Å². The summed E-state index contributed by atoms with van der Waals surface area (Å²) < 4.78 is 33.6. The van der Waals surface area contributed by atoms with Gasteiger partial charge in [-0.2, -0.15) is 0 Å². The van der Waals surface area contributed by atoms with Crippen molar-refractivity contribution in [3.63, 3.8) is 0 Å². The van der Waals surface area contributed by atoms with E-state index in [0.29, 0.717) is 22.2 Å². The molecule has 0 bridgehead atoms. The Hall–Kier alpha value is -2.68. The Morgan fingerprint density at radius 2 is 1.83 bits per heavy atom. The monoisotopic (exact) mass is 402 g/mol. The van der Waals surface area contributed by atoms with Crippen LogP contribution in [0.4, 0.5) is 0 Å². The van der Waals surface area contributed by atoms with Gasteiger partial charge >= 0.3 is 0 Å². The molecule has 154 valence electrons. The molecule has 1 aliphatic rings. The molecule has 3 aromatic heterocycles. The zero-order valence-corrected chi connectivity index (χ0v) is 18.7. The predicted molar refractivity (Wildman–Crippen MR) is 123 cm³/mol. The second kappa shape index (κ2) is 6.16. The number of hydrogen-bond donors (Lipinski definition) is 0. The molecule has 1 aromatic carbocycles. The maximum Gasteiger partial charge on any atom is 0.227 e. The molecular weight excluding hydrogens is 368 g/mol. The normalized spacial score (nSPS) is 19.3. The van der Waals surface area contributed by atoms with Gasteiger partial charge in [0.25, 0.3) is 0 Å². The topological polar surface area (TPSA) is 29.9 Å². The highest BCUT2D eigenvalue weighted by molar-refractivity contribution is 6.12. The van der Waals surface area contributed by atoms with Crippen molar-refractivity contribution in [2.24, 2.45) is 7.05 Å². The molecule has 1 aliphatic carbocycles. The second-order valence-corrected chi connectivity index (χ2v) is 10.1. The van der Waals surface area contributed by atoms with E-state index in [0.717, 1.165) is 35.0 Å². The van der Waals surface area contributed by atoms with E-state index in [2.05, 4.69) is 27.7 Å². The summed E-state index contributed by atoms with van der Waals surface area (Å²) in [5.41, 5.74) is 6.47. The van der Waals surface area contributed by atoms with Crippen LogP contribution in [-0.4, -0.2) is 4.98 Å². The van der Waals surface area contributed by atoms with Crippen LogP contribution >= 0.6 is 0 Å². The van der Waals surface area contributed by atoms with Crippen molar-refractivity contribution >= 4 is 22.1 Å². The van der Waals surface area contributed by atoms with Crippen LogP contribution < -0.4 is 4.57 Å². The van der Waals surface area contributed by atoms with Crippen LogP contribution in [0.25, 0.3) is 33.3 Å². The van der Waals surface area contributed by atoms with Crippen molar-refractivity contribution < 1.29 is 13.1 Å². The van der Waals surface area contributed by atoms with Crippen LogP contribution in [0, 0.1) is 13.8 Å². The molecule has 5 rings (SSSR count). The van der Waals surface area contributed by atoms with Gasteiger partial charge in [-0.25, -0.2) is 9.55 Å². The van der Waals surface area contributed by atoms with Gasteiger partial charge in [0.05, 0.1) is 10.9 Å². The third kappa shape index (κ3) is 2.57. The quantitative estimate of drug-likeness (QED) is 0.343. The van der Waals surface area contributed by atoms with E-state index in [-0.39, 0.29) is 10.8 Å². The fourth-order valence-electron chi connectivity index (χ4n) is 5.24. The lowest BCUT2D eigenvalue weighted by molar-refractivity contribution is -0.660. The van der Waals surface area contributed by atoms with Crippen molar-refractivity contribution in [1.29, 1.82) is 0 Å². The molecule has 0 fully saturated rings. The number of pyridine rings is 2. The number of rotatable bonds is 1. The molecule has 0 N–H and O–H groups in total. The molecule has 3 heterocycles. The lowest BCUT2D eigenvalue weighted by atomic mass is 9.63. The highest BCUT2D eigenvalue weighted by Crippen LogP contribution is 2.51. The maximum absolute atomic E-state index is 8.37. The smallest absolute Gasteiger partial charge is 0.227 e. The van der Waals surface area contributed by atoms with Crippen molar-refractivity contribution in [3.05, 3.63) is 58.9 Å². The second-order valence-electron chi connectivity index (χ2n) is 10.1. The first-order chi connectivity index (χ1) is 15.3. The van der Waals surface area contributed by atoms with Gasteiger partial charge < -0.3 is 4.42 Å². The SMILES string of the molecule is [2H]C([2H])([2H])c1cc(C)c(-c2cccc[n+]2C)c2oc3ncc4c(c3c12)C(C)(C)CCC4(C)C. The van der Waals surface area contributed by atoms with E-state index in [1.165, 1.54) is 11.1 Å². The summed E-state index contributed by atoms with van der Waals surface area (Å²) in [6.07, 6.45) is 6.03. The van der Waals surface area contributed by atoms with Crippen LogP contribution in [0.1, 0.15) is 66.9 Å². The molecule has 0 atom stereocenters. The third-order valence-electron chi connectivity index (χ3n) is 7.06. The lowest BCUT2D eigenvalue weighted by Crippen LogP contribution is -2.34. The van der Waals surface area contributed by atoms with Gasteiger partial charge in [0.2, 0.25) is 11.4 Å². The van der Waals surface area contributed by atoms with Crippen molar-refractivity contribution in [2.45, 2.75) is 65.1 Å². The number of benzene rings is 1. The Morgan fingerprint density at radius 1 is 1.07 bits per heavy atom. The van der Waals surface area contributed by atoms with E-state index < -0.39 is 6.85 Å². The molecule has 0 aliphatic heterocycles. The Labute approximate surface area is 183 Å². The summed E-state index contributed by atoms with van der Waals surface area (Å²) >= 11 is 0. The van der Waals surface area contributed by atoms with Gasteiger partial charge in [-0.05, 0) is 65.8 Å². The Kier molecular flexibility index (Phi) is 3.30. The first kappa shape index (κ1) is 16.1. The van der Waals surface area contributed by atoms with Crippen molar-refractivity contribution in [3.8, 4) is 11.3 Å². The summed E-state index contributed by atoms with van der Waals surface area (Å²) in [6.45, 7) is 8.69. The van der Waals surface area contributed by atoms with E-state index >= 15 is 0 Å². The van der Waals surface area contributed by atoms with Crippen LogP contribution in [-0.2, 0) is 17.9 Å². The largest absolute Gasteiger partial charge is 0.437 e. The van der Waals surface area contributed by atoms with Gasteiger partial charge in [-0.3, -0.25) is 0 Å². The summed E-state index contributed by atoms with van der Waals surface area (Å²) in [5, 5.41) is 1.55. The minimum absolute atomic E-state index is 0.0326. The van der Waals surface area contributed by atoms with Gasteiger partial charge in [-0.15, -0.1) is 0 Å². The molecule has 0 unspecified atom stereocenters. The first-order valence-corrected chi connectivity index (χ1v) is 10.7. The number of aromatic nitrogens is 2. The molecule has 3 nitrogen and oxygen atoms in total. The van der Waals surface area contributed by atoms with Crippen LogP contribution in [0.15, 0.2) is 41.1 Å². The van der Waals surface area contributed by atoms with Gasteiger partial charge in [0.15, 0.2) is 11.8 Å². The minimum atomic E-state index is -2.27. The Morgan fingerprint density at radius 3 is 2.57 bits per heavy atom.